The fourth-order valence-corrected chi connectivity index (χ4v) is 5.31. The summed E-state index contributed by atoms with van der Waals surface area (Å²) in [4.78, 5) is 10.9. The molecule has 0 N–H and O–H groups in total. The van der Waals surface area contributed by atoms with Crippen LogP contribution in [0.5, 0.6) is 0 Å². The highest BCUT2D eigenvalue weighted by Crippen LogP contribution is 2.43. The average Bonchev–Trinajstić information content (AvgIpc) is 3.01. The Kier molecular flexibility index (Phi) is 5.63. The second-order valence-electron chi connectivity index (χ2n) is 7.43. The van der Waals surface area contributed by atoms with Crippen LogP contribution in [0.25, 0.3) is 22.0 Å². The van der Waals surface area contributed by atoms with Crippen LogP contribution in [0.4, 0.5) is 4.39 Å². The fourth-order valence-electron chi connectivity index (χ4n) is 4.06. The van der Waals surface area contributed by atoms with Gasteiger partial charge in [-0.3, -0.25) is 4.98 Å². The highest BCUT2D eigenvalue weighted by atomic mass is 32.1. The lowest BCUT2D eigenvalue weighted by molar-refractivity contribution is 0.444. The summed E-state index contributed by atoms with van der Waals surface area (Å²) in [6.45, 7) is 2.31. The molecule has 4 heteroatoms. The monoisotopic (exact) mass is 380 g/mol. The van der Waals surface area contributed by atoms with Gasteiger partial charge in [0.05, 0.1) is 5.69 Å². The largest absolute Gasteiger partial charge is 0.255 e. The summed E-state index contributed by atoms with van der Waals surface area (Å²) in [5.74, 6) is 1.19. The number of thiazole rings is 1. The van der Waals surface area contributed by atoms with E-state index in [1.54, 1.807) is 11.3 Å². The molecular weight excluding hydrogens is 355 g/mol. The van der Waals surface area contributed by atoms with E-state index in [1.165, 1.54) is 55.5 Å². The predicted octanol–water partition coefficient (Wildman–Crippen LogP) is 7.09. The Bertz CT molecular complexity index is 873. The van der Waals surface area contributed by atoms with Crippen LogP contribution in [0.15, 0.2) is 48.7 Å². The molecule has 0 aliphatic heterocycles. The van der Waals surface area contributed by atoms with Crippen molar-refractivity contribution in [1.29, 1.82) is 0 Å². The van der Waals surface area contributed by atoms with Gasteiger partial charge >= 0.3 is 0 Å². The van der Waals surface area contributed by atoms with E-state index < -0.39 is 0 Å². The molecule has 1 aromatic carbocycles. The van der Waals surface area contributed by atoms with Crippen molar-refractivity contribution >= 4 is 11.3 Å². The summed E-state index contributed by atoms with van der Waals surface area (Å²) in [7, 11) is 0. The van der Waals surface area contributed by atoms with Crippen LogP contribution >= 0.6 is 11.3 Å². The van der Waals surface area contributed by atoms with Gasteiger partial charge in [-0.15, -0.1) is 11.3 Å². The van der Waals surface area contributed by atoms with Crippen molar-refractivity contribution in [3.8, 4) is 22.0 Å². The Balaban J connectivity index is 1.73. The smallest absolute Gasteiger partial charge is 0.124 e. The first-order valence-electron chi connectivity index (χ1n) is 9.92. The van der Waals surface area contributed by atoms with Gasteiger partial charge in [0, 0.05) is 16.6 Å². The molecule has 1 aliphatic rings. The minimum absolute atomic E-state index is 0.213. The summed E-state index contributed by atoms with van der Waals surface area (Å²) < 4.78 is 13.3. The molecule has 0 spiro atoms. The lowest BCUT2D eigenvalue weighted by Crippen LogP contribution is -1.99. The van der Waals surface area contributed by atoms with Gasteiger partial charge in [0.25, 0.3) is 0 Å². The summed E-state index contributed by atoms with van der Waals surface area (Å²) in [5.41, 5.74) is 2.93. The van der Waals surface area contributed by atoms with Gasteiger partial charge in [-0.05, 0) is 67.5 Å². The molecule has 2 aromatic heterocycles. The third-order valence-electron chi connectivity index (χ3n) is 5.69. The zero-order valence-electron chi connectivity index (χ0n) is 15.7. The number of nitrogens with zero attached hydrogens (tertiary/aromatic N) is 2. The number of hydrogen-bond donors (Lipinski definition) is 0. The first-order chi connectivity index (χ1) is 13.2. The second-order valence-corrected chi connectivity index (χ2v) is 8.46. The number of pyridine rings is 1. The Hall–Kier alpha value is -2.07. The van der Waals surface area contributed by atoms with Crippen molar-refractivity contribution in [2.75, 3.05) is 0 Å². The maximum absolute atomic E-state index is 13.3. The molecule has 2 nitrogen and oxygen atoms in total. The summed E-state index contributed by atoms with van der Waals surface area (Å²) >= 11 is 1.76. The van der Waals surface area contributed by atoms with Crippen LogP contribution in [-0.2, 0) is 0 Å². The van der Waals surface area contributed by atoms with Crippen molar-refractivity contribution in [1.82, 2.24) is 9.97 Å². The second kappa shape index (κ2) is 8.30. The van der Waals surface area contributed by atoms with Crippen LogP contribution in [0.2, 0.25) is 0 Å². The lowest BCUT2D eigenvalue weighted by Gasteiger charge is -2.14. The van der Waals surface area contributed by atoms with E-state index in [0.29, 0.717) is 5.92 Å². The van der Waals surface area contributed by atoms with Crippen molar-refractivity contribution in [3.05, 3.63) is 59.4 Å². The zero-order chi connectivity index (χ0) is 18.6. The fraction of sp³-hybridized carbons (Fsp3) is 0.391. The molecule has 1 aliphatic carbocycles. The quantitative estimate of drug-likeness (QED) is 0.452. The SMILES string of the molecule is CCC1CCCC(c2sc(-c3ccc(F)cc3)nc2-c2ccccn2)CC1. The van der Waals surface area contributed by atoms with E-state index in [0.717, 1.165) is 27.9 Å². The maximum Gasteiger partial charge on any atom is 0.124 e. The molecular formula is C23H25FN2S. The van der Waals surface area contributed by atoms with Gasteiger partial charge in [0.15, 0.2) is 0 Å². The van der Waals surface area contributed by atoms with Gasteiger partial charge in [-0.1, -0.05) is 32.3 Å². The molecule has 0 bridgehead atoms. The molecule has 1 saturated carbocycles. The number of hydrogen-bond acceptors (Lipinski definition) is 3. The van der Waals surface area contributed by atoms with Gasteiger partial charge < -0.3 is 0 Å². The molecule has 2 unspecified atom stereocenters. The molecule has 3 aromatic rings. The van der Waals surface area contributed by atoms with E-state index in [9.17, 15) is 4.39 Å². The van der Waals surface area contributed by atoms with Gasteiger partial charge in [-0.25, -0.2) is 9.37 Å². The standard InChI is InChI=1S/C23H25FN2S/c1-2-16-6-5-7-17(10-9-16)22-21(20-8-3-4-15-25-20)26-23(27-22)18-11-13-19(24)14-12-18/h3-4,8,11-17H,2,5-7,9-10H2,1H3. The number of rotatable bonds is 4. The summed E-state index contributed by atoms with van der Waals surface area (Å²) in [5, 5.41) is 0.960. The van der Waals surface area contributed by atoms with Crippen molar-refractivity contribution in [2.24, 2.45) is 5.92 Å². The third kappa shape index (κ3) is 4.11. The van der Waals surface area contributed by atoms with Crippen molar-refractivity contribution in [2.45, 2.75) is 51.4 Å². The Morgan fingerprint density at radius 1 is 1.04 bits per heavy atom. The number of benzene rings is 1. The van der Waals surface area contributed by atoms with E-state index in [-0.39, 0.29) is 5.82 Å². The summed E-state index contributed by atoms with van der Waals surface area (Å²) in [6.07, 6.45) is 9.49. The normalized spacial score (nSPS) is 20.4. The molecule has 140 valence electrons. The van der Waals surface area contributed by atoms with E-state index in [4.69, 9.17) is 4.98 Å². The minimum atomic E-state index is -0.213. The van der Waals surface area contributed by atoms with Crippen LogP contribution in [-0.4, -0.2) is 9.97 Å². The summed E-state index contributed by atoms with van der Waals surface area (Å²) in [6, 6.07) is 12.7. The predicted molar refractivity (Wildman–Crippen MR) is 110 cm³/mol. The lowest BCUT2D eigenvalue weighted by atomic mass is 9.94. The van der Waals surface area contributed by atoms with Crippen LogP contribution in [0, 0.1) is 11.7 Å². The van der Waals surface area contributed by atoms with Gasteiger partial charge in [-0.2, -0.15) is 0 Å². The van der Waals surface area contributed by atoms with Crippen molar-refractivity contribution < 1.29 is 4.39 Å². The topological polar surface area (TPSA) is 25.8 Å². The first kappa shape index (κ1) is 18.3. The molecule has 0 saturated heterocycles. The third-order valence-corrected chi connectivity index (χ3v) is 6.96. The molecule has 1 fully saturated rings. The molecule has 4 rings (SSSR count). The van der Waals surface area contributed by atoms with Crippen LogP contribution in [0.1, 0.15) is 56.2 Å². The first-order valence-corrected chi connectivity index (χ1v) is 10.7. The zero-order valence-corrected chi connectivity index (χ0v) is 16.5. The molecule has 2 atom stereocenters. The van der Waals surface area contributed by atoms with Gasteiger partial charge in [0.1, 0.15) is 16.5 Å². The van der Waals surface area contributed by atoms with Crippen LogP contribution in [0.3, 0.4) is 0 Å². The molecule has 2 heterocycles. The van der Waals surface area contributed by atoms with E-state index >= 15 is 0 Å². The molecule has 27 heavy (non-hydrogen) atoms. The number of aromatic nitrogens is 2. The molecule has 0 radical (unpaired) electrons. The molecule has 0 amide bonds. The average molecular weight is 381 g/mol. The Morgan fingerprint density at radius 2 is 1.89 bits per heavy atom. The number of halogens is 1. The highest BCUT2D eigenvalue weighted by Gasteiger charge is 2.25. The van der Waals surface area contributed by atoms with Gasteiger partial charge in [0.2, 0.25) is 0 Å². The Morgan fingerprint density at radius 3 is 2.63 bits per heavy atom. The van der Waals surface area contributed by atoms with E-state index in [2.05, 4.69) is 11.9 Å². The van der Waals surface area contributed by atoms with E-state index in [1.807, 2.05) is 36.5 Å². The minimum Gasteiger partial charge on any atom is -0.255 e. The van der Waals surface area contributed by atoms with Crippen molar-refractivity contribution in [3.63, 3.8) is 0 Å². The highest BCUT2D eigenvalue weighted by molar-refractivity contribution is 7.15. The Labute approximate surface area is 164 Å². The maximum atomic E-state index is 13.3. The van der Waals surface area contributed by atoms with Crippen LogP contribution < -0.4 is 0 Å².